The monoisotopic (exact) mass is 310 g/mol. The first-order valence-electron chi connectivity index (χ1n) is 6.98. The van der Waals surface area contributed by atoms with Crippen LogP contribution in [0.3, 0.4) is 0 Å². The molecular formula is C14H19N2O4P. The van der Waals surface area contributed by atoms with Crippen molar-refractivity contribution in [3.63, 3.8) is 0 Å². The maximum Gasteiger partial charge on any atom is 0.524 e. The fourth-order valence-electron chi connectivity index (χ4n) is 3.08. The Hall–Kier alpha value is -1.33. The Kier molecular flexibility index (Phi) is 3.80. The van der Waals surface area contributed by atoms with Gasteiger partial charge in [-0.3, -0.25) is 9.79 Å². The Morgan fingerprint density at radius 2 is 2.29 bits per heavy atom. The average molecular weight is 310 g/mol. The highest BCUT2D eigenvalue weighted by molar-refractivity contribution is 7.46. The fraction of sp³-hybridized carbons (Fsp3) is 0.429. The number of likely N-dealkylation sites (tertiary alicyclic amines) is 1. The van der Waals surface area contributed by atoms with Crippen molar-refractivity contribution < 1.29 is 18.9 Å². The van der Waals surface area contributed by atoms with Gasteiger partial charge in [0, 0.05) is 23.1 Å². The molecule has 0 aliphatic carbocycles. The lowest BCUT2D eigenvalue weighted by Crippen LogP contribution is -2.26. The van der Waals surface area contributed by atoms with Crippen LogP contribution in [0.4, 0.5) is 0 Å². The standard InChI is InChI=1S/C14H19N2O4P/c1-16-7-3-4-11(16)8-10-9-15-12-5-2-6-13(14(10)12)20-21(17,18)19/h2,5-6,9,11,15H,3-4,7-8H2,1H3,(H2,17,18,19). The SMILES string of the molecule is CN1CCCC1Cc1c[nH]c2cccc(OP(=O)(O)O)c12. The number of aromatic nitrogens is 1. The zero-order chi connectivity index (χ0) is 15.0. The lowest BCUT2D eigenvalue weighted by molar-refractivity contribution is 0.284. The van der Waals surface area contributed by atoms with Gasteiger partial charge >= 0.3 is 7.82 Å². The molecule has 114 valence electrons. The second-order valence-corrected chi connectivity index (χ2v) is 6.72. The maximum atomic E-state index is 11.1. The molecule has 1 aliphatic rings. The lowest BCUT2D eigenvalue weighted by atomic mass is 10.0. The second-order valence-electron chi connectivity index (χ2n) is 5.56. The number of aromatic amines is 1. The van der Waals surface area contributed by atoms with Gasteiger partial charge in [-0.05, 0) is 50.6 Å². The molecule has 2 heterocycles. The van der Waals surface area contributed by atoms with E-state index in [9.17, 15) is 4.57 Å². The third kappa shape index (κ3) is 3.14. The summed E-state index contributed by atoms with van der Waals surface area (Å²) in [6.45, 7) is 1.10. The first kappa shape index (κ1) is 14.6. The molecule has 1 aliphatic heterocycles. The molecule has 0 bridgehead atoms. The van der Waals surface area contributed by atoms with Gasteiger partial charge in [-0.2, -0.15) is 0 Å². The van der Waals surface area contributed by atoms with E-state index >= 15 is 0 Å². The number of H-pyrrole nitrogens is 1. The maximum absolute atomic E-state index is 11.1. The summed E-state index contributed by atoms with van der Waals surface area (Å²) in [5, 5.41) is 0.765. The number of nitrogens with zero attached hydrogens (tertiary/aromatic N) is 1. The van der Waals surface area contributed by atoms with Crippen molar-refractivity contribution in [1.82, 2.24) is 9.88 Å². The molecular weight excluding hydrogens is 291 g/mol. The Balaban J connectivity index is 1.97. The van der Waals surface area contributed by atoms with E-state index in [0.717, 1.165) is 35.9 Å². The van der Waals surface area contributed by atoms with Crippen molar-refractivity contribution in [1.29, 1.82) is 0 Å². The summed E-state index contributed by atoms with van der Waals surface area (Å²) in [6.07, 6.45) is 5.08. The molecule has 1 aromatic carbocycles. The van der Waals surface area contributed by atoms with Crippen molar-refractivity contribution in [2.75, 3.05) is 13.6 Å². The minimum Gasteiger partial charge on any atom is -0.404 e. The number of phosphoric acid groups is 1. The molecule has 0 radical (unpaired) electrons. The second kappa shape index (κ2) is 5.46. The third-order valence-corrected chi connectivity index (χ3v) is 4.53. The van der Waals surface area contributed by atoms with Gasteiger partial charge in [0.2, 0.25) is 0 Å². The summed E-state index contributed by atoms with van der Waals surface area (Å²) < 4.78 is 16.0. The molecule has 7 heteroatoms. The highest BCUT2D eigenvalue weighted by Crippen LogP contribution is 2.42. The number of likely N-dealkylation sites (N-methyl/N-ethyl adjacent to an activating group) is 1. The number of benzene rings is 1. The van der Waals surface area contributed by atoms with E-state index in [0.29, 0.717) is 6.04 Å². The van der Waals surface area contributed by atoms with E-state index in [1.165, 1.54) is 6.42 Å². The molecule has 0 spiro atoms. The van der Waals surface area contributed by atoms with E-state index < -0.39 is 7.82 Å². The number of phosphoric ester groups is 1. The molecule has 1 atom stereocenters. The van der Waals surface area contributed by atoms with Gasteiger partial charge in [0.25, 0.3) is 0 Å². The zero-order valence-electron chi connectivity index (χ0n) is 11.8. The summed E-state index contributed by atoms with van der Waals surface area (Å²) >= 11 is 0. The minimum atomic E-state index is -4.56. The highest BCUT2D eigenvalue weighted by Gasteiger charge is 2.24. The van der Waals surface area contributed by atoms with Crippen LogP contribution >= 0.6 is 7.82 Å². The topological polar surface area (TPSA) is 85.8 Å². The molecule has 1 unspecified atom stereocenters. The molecule has 1 fully saturated rings. The van der Waals surface area contributed by atoms with Crippen LogP contribution in [0.2, 0.25) is 0 Å². The third-order valence-electron chi connectivity index (χ3n) is 4.09. The average Bonchev–Trinajstić information content (AvgIpc) is 2.97. The zero-order valence-corrected chi connectivity index (χ0v) is 12.7. The number of fused-ring (bicyclic) bond motifs is 1. The summed E-state index contributed by atoms with van der Waals surface area (Å²) in [6, 6.07) is 5.66. The molecule has 2 aromatic rings. The molecule has 1 saturated heterocycles. The van der Waals surface area contributed by atoms with Crippen LogP contribution in [0, 0.1) is 0 Å². The van der Waals surface area contributed by atoms with Gasteiger partial charge in [-0.15, -0.1) is 0 Å². The molecule has 6 nitrogen and oxygen atoms in total. The van der Waals surface area contributed by atoms with Crippen molar-refractivity contribution >= 4 is 18.7 Å². The van der Waals surface area contributed by atoms with Crippen LogP contribution in [-0.2, 0) is 11.0 Å². The Morgan fingerprint density at radius 3 is 2.95 bits per heavy atom. The van der Waals surface area contributed by atoms with E-state index in [2.05, 4.69) is 16.9 Å². The molecule has 21 heavy (non-hydrogen) atoms. The summed E-state index contributed by atoms with van der Waals surface area (Å²) in [5.74, 6) is 0.234. The lowest BCUT2D eigenvalue weighted by Gasteiger charge is -2.19. The van der Waals surface area contributed by atoms with Gasteiger partial charge in [0.05, 0.1) is 0 Å². The molecule has 1 aromatic heterocycles. The molecule has 3 rings (SSSR count). The van der Waals surface area contributed by atoms with E-state index in [-0.39, 0.29) is 5.75 Å². The molecule has 0 amide bonds. The quantitative estimate of drug-likeness (QED) is 0.754. The van der Waals surface area contributed by atoms with Gasteiger partial charge in [-0.1, -0.05) is 6.07 Å². The van der Waals surface area contributed by atoms with E-state index in [1.807, 2.05) is 12.3 Å². The first-order chi connectivity index (χ1) is 9.94. The number of rotatable bonds is 4. The number of hydrogen-bond donors (Lipinski definition) is 3. The minimum absolute atomic E-state index is 0.234. The van der Waals surface area contributed by atoms with Crippen LogP contribution in [-0.4, -0.2) is 39.3 Å². The Labute approximate surface area is 123 Å². The first-order valence-corrected chi connectivity index (χ1v) is 8.51. The van der Waals surface area contributed by atoms with Gasteiger partial charge in [0.1, 0.15) is 5.75 Å². The van der Waals surface area contributed by atoms with Gasteiger partial charge in [0.15, 0.2) is 0 Å². The predicted octanol–water partition coefficient (Wildman–Crippen LogP) is 2.28. The van der Waals surface area contributed by atoms with Gasteiger partial charge in [-0.25, -0.2) is 4.57 Å². The molecule has 3 N–H and O–H groups in total. The van der Waals surface area contributed by atoms with Crippen molar-refractivity contribution in [3.8, 4) is 5.75 Å². The predicted molar refractivity (Wildman–Crippen MR) is 80.3 cm³/mol. The van der Waals surface area contributed by atoms with Crippen molar-refractivity contribution in [3.05, 3.63) is 30.0 Å². The normalized spacial score (nSPS) is 20.2. The smallest absolute Gasteiger partial charge is 0.404 e. The van der Waals surface area contributed by atoms with Crippen molar-refractivity contribution in [2.45, 2.75) is 25.3 Å². The van der Waals surface area contributed by atoms with Crippen LogP contribution in [0.25, 0.3) is 10.9 Å². The van der Waals surface area contributed by atoms with Crippen LogP contribution < -0.4 is 4.52 Å². The Morgan fingerprint density at radius 1 is 1.48 bits per heavy atom. The summed E-state index contributed by atoms with van der Waals surface area (Å²) in [7, 11) is -2.45. The summed E-state index contributed by atoms with van der Waals surface area (Å²) in [4.78, 5) is 23.6. The van der Waals surface area contributed by atoms with Crippen LogP contribution in [0.15, 0.2) is 24.4 Å². The number of nitrogens with one attached hydrogen (secondary N) is 1. The Bertz CT molecular complexity index is 693. The van der Waals surface area contributed by atoms with E-state index in [1.54, 1.807) is 12.1 Å². The highest BCUT2D eigenvalue weighted by atomic mass is 31.2. The summed E-state index contributed by atoms with van der Waals surface area (Å²) in [5.41, 5.74) is 1.87. The number of hydrogen-bond acceptors (Lipinski definition) is 3. The van der Waals surface area contributed by atoms with Gasteiger partial charge < -0.3 is 14.4 Å². The van der Waals surface area contributed by atoms with Crippen LogP contribution in [0.5, 0.6) is 5.75 Å². The van der Waals surface area contributed by atoms with Crippen LogP contribution in [0.1, 0.15) is 18.4 Å². The largest absolute Gasteiger partial charge is 0.524 e. The van der Waals surface area contributed by atoms with Crippen molar-refractivity contribution in [2.24, 2.45) is 0 Å². The van der Waals surface area contributed by atoms with E-state index in [4.69, 9.17) is 14.3 Å². The fourth-order valence-corrected chi connectivity index (χ4v) is 3.48. The molecule has 0 saturated carbocycles.